The van der Waals surface area contributed by atoms with Crippen LogP contribution in [0.25, 0.3) is 11.4 Å². The van der Waals surface area contributed by atoms with E-state index in [4.69, 9.17) is 18.7 Å². The van der Waals surface area contributed by atoms with Gasteiger partial charge >= 0.3 is 0 Å². The van der Waals surface area contributed by atoms with E-state index in [0.29, 0.717) is 34.5 Å². The summed E-state index contributed by atoms with van der Waals surface area (Å²) < 4.78 is 21.8. The molecule has 1 aliphatic carbocycles. The Morgan fingerprint density at radius 2 is 1.81 bits per heavy atom. The molecule has 31 heavy (non-hydrogen) atoms. The van der Waals surface area contributed by atoms with E-state index in [2.05, 4.69) is 15.5 Å². The third-order valence-corrected chi connectivity index (χ3v) is 6.28. The number of rotatable bonds is 7. The number of thiophene rings is 1. The normalized spacial score (nSPS) is 15.3. The quantitative estimate of drug-likeness (QED) is 0.578. The van der Waals surface area contributed by atoms with Gasteiger partial charge in [-0.05, 0) is 36.4 Å². The monoisotopic (exact) mass is 443 g/mol. The predicted octanol–water partition coefficient (Wildman–Crippen LogP) is 4.41. The number of aromatic nitrogens is 2. The Kier molecular flexibility index (Phi) is 6.13. The van der Waals surface area contributed by atoms with Gasteiger partial charge in [-0.15, -0.1) is 0 Å². The first kappa shape index (κ1) is 21.2. The molecule has 0 saturated heterocycles. The molecule has 1 fully saturated rings. The third kappa shape index (κ3) is 4.10. The molecule has 2 aromatic heterocycles. The van der Waals surface area contributed by atoms with Gasteiger partial charge in [0.15, 0.2) is 11.5 Å². The summed E-state index contributed by atoms with van der Waals surface area (Å²) in [4.78, 5) is 17.9. The number of benzene rings is 1. The van der Waals surface area contributed by atoms with Gasteiger partial charge in [-0.2, -0.15) is 16.3 Å². The van der Waals surface area contributed by atoms with Crippen LogP contribution in [0.3, 0.4) is 0 Å². The van der Waals surface area contributed by atoms with Crippen LogP contribution in [0.15, 0.2) is 33.5 Å². The number of nitrogens with one attached hydrogen (secondary N) is 1. The van der Waals surface area contributed by atoms with Gasteiger partial charge < -0.3 is 24.1 Å². The highest BCUT2D eigenvalue weighted by Crippen LogP contribution is 2.40. The molecule has 1 N–H and O–H groups in total. The first-order chi connectivity index (χ1) is 15.1. The van der Waals surface area contributed by atoms with Crippen molar-refractivity contribution in [1.29, 1.82) is 0 Å². The van der Waals surface area contributed by atoms with E-state index in [1.165, 1.54) is 21.3 Å². The summed E-state index contributed by atoms with van der Waals surface area (Å²) in [6.45, 7) is 0. The zero-order valence-electron chi connectivity index (χ0n) is 17.8. The van der Waals surface area contributed by atoms with Crippen LogP contribution in [0, 0.1) is 0 Å². The summed E-state index contributed by atoms with van der Waals surface area (Å²) in [5, 5.41) is 11.3. The van der Waals surface area contributed by atoms with E-state index < -0.39 is 5.54 Å². The Labute approximate surface area is 184 Å². The van der Waals surface area contributed by atoms with Crippen molar-refractivity contribution in [2.75, 3.05) is 21.3 Å². The molecule has 8 nitrogen and oxygen atoms in total. The predicted molar refractivity (Wildman–Crippen MR) is 116 cm³/mol. The Morgan fingerprint density at radius 3 is 2.39 bits per heavy atom. The molecule has 164 valence electrons. The Bertz CT molecular complexity index is 1020. The van der Waals surface area contributed by atoms with Gasteiger partial charge in [0.25, 0.3) is 11.8 Å². The van der Waals surface area contributed by atoms with Crippen LogP contribution in [0.2, 0.25) is 0 Å². The molecule has 1 aliphatic rings. The molecular formula is C22H25N3O5S. The van der Waals surface area contributed by atoms with E-state index in [9.17, 15) is 4.79 Å². The van der Waals surface area contributed by atoms with E-state index >= 15 is 0 Å². The van der Waals surface area contributed by atoms with E-state index in [-0.39, 0.29) is 5.91 Å². The third-order valence-electron chi connectivity index (χ3n) is 5.60. The second kappa shape index (κ2) is 8.97. The van der Waals surface area contributed by atoms with Crippen LogP contribution in [-0.2, 0) is 5.54 Å². The minimum Gasteiger partial charge on any atom is -0.493 e. The zero-order valence-corrected chi connectivity index (χ0v) is 18.6. The van der Waals surface area contributed by atoms with E-state index in [1.54, 1.807) is 23.5 Å². The number of hydrogen-bond donors (Lipinski definition) is 1. The maximum absolute atomic E-state index is 13.3. The number of methoxy groups -OCH3 is 3. The van der Waals surface area contributed by atoms with Gasteiger partial charge in [0.1, 0.15) is 5.54 Å². The number of amides is 1. The summed E-state index contributed by atoms with van der Waals surface area (Å²) in [5.41, 5.74) is 0.593. The minimum atomic E-state index is -0.711. The van der Waals surface area contributed by atoms with Gasteiger partial charge in [-0.1, -0.05) is 24.4 Å². The fraction of sp³-hybridized carbons (Fsp3) is 0.409. The summed E-state index contributed by atoms with van der Waals surface area (Å²) in [7, 11) is 4.57. The summed E-state index contributed by atoms with van der Waals surface area (Å²) >= 11 is 1.57. The number of carbonyl (C=O) groups is 1. The number of carbonyl (C=O) groups excluding carboxylic acids is 1. The van der Waals surface area contributed by atoms with Crippen molar-refractivity contribution in [3.8, 4) is 28.6 Å². The fourth-order valence-corrected chi connectivity index (χ4v) is 4.61. The first-order valence-corrected chi connectivity index (χ1v) is 11.0. The lowest BCUT2D eigenvalue weighted by Crippen LogP contribution is -2.47. The maximum atomic E-state index is 13.3. The van der Waals surface area contributed by atoms with Crippen molar-refractivity contribution in [3.05, 3.63) is 40.4 Å². The lowest BCUT2D eigenvalue weighted by Gasteiger charge is -2.34. The molecule has 0 unspecified atom stereocenters. The van der Waals surface area contributed by atoms with Gasteiger partial charge in [0.2, 0.25) is 11.6 Å². The molecule has 4 rings (SSSR count). The second-order valence-corrected chi connectivity index (χ2v) is 8.23. The van der Waals surface area contributed by atoms with Crippen LogP contribution in [0.4, 0.5) is 0 Å². The molecule has 0 atom stereocenters. The molecule has 1 saturated carbocycles. The second-order valence-electron chi connectivity index (χ2n) is 7.45. The molecule has 0 bridgehead atoms. The standard InChI is InChI=1S/C22H25N3O5S/c1-27-16-11-15(12-17(28-2)18(16)29-3)20(26)24-22(8-5-4-6-9-22)21-23-19(25-30-21)14-7-10-31-13-14/h7,10-13H,4-6,8-9H2,1-3H3,(H,24,26). The van der Waals surface area contributed by atoms with Gasteiger partial charge in [0, 0.05) is 16.5 Å². The Morgan fingerprint density at radius 1 is 1.10 bits per heavy atom. The highest BCUT2D eigenvalue weighted by Gasteiger charge is 2.41. The van der Waals surface area contributed by atoms with E-state index in [0.717, 1.165) is 37.7 Å². The summed E-state index contributed by atoms with van der Waals surface area (Å²) in [5.74, 6) is 1.98. The van der Waals surface area contributed by atoms with Crippen molar-refractivity contribution in [3.63, 3.8) is 0 Å². The Balaban J connectivity index is 1.67. The molecule has 9 heteroatoms. The highest BCUT2D eigenvalue weighted by molar-refractivity contribution is 7.08. The van der Waals surface area contributed by atoms with Gasteiger partial charge in [0.05, 0.1) is 21.3 Å². The van der Waals surface area contributed by atoms with Crippen molar-refractivity contribution in [2.24, 2.45) is 0 Å². The molecule has 0 aliphatic heterocycles. The van der Waals surface area contributed by atoms with Crippen molar-refractivity contribution in [1.82, 2.24) is 15.5 Å². The first-order valence-electron chi connectivity index (χ1n) is 10.1. The molecular weight excluding hydrogens is 418 g/mol. The van der Waals surface area contributed by atoms with Crippen molar-refractivity contribution < 1.29 is 23.5 Å². The molecule has 1 aromatic carbocycles. The SMILES string of the molecule is COc1cc(C(=O)NC2(c3nc(-c4ccsc4)no3)CCCCC2)cc(OC)c1OC. The summed E-state index contributed by atoms with van der Waals surface area (Å²) in [6, 6.07) is 5.22. The van der Waals surface area contributed by atoms with Crippen molar-refractivity contribution in [2.45, 2.75) is 37.6 Å². The van der Waals surface area contributed by atoms with Crippen molar-refractivity contribution >= 4 is 17.2 Å². The fourth-order valence-electron chi connectivity index (χ4n) is 3.98. The van der Waals surface area contributed by atoms with Crippen LogP contribution < -0.4 is 19.5 Å². The maximum Gasteiger partial charge on any atom is 0.252 e. The van der Waals surface area contributed by atoms with Crippen LogP contribution in [-0.4, -0.2) is 37.4 Å². The van der Waals surface area contributed by atoms with Gasteiger partial charge in [-0.25, -0.2) is 0 Å². The average molecular weight is 444 g/mol. The van der Waals surface area contributed by atoms with Crippen LogP contribution in [0.5, 0.6) is 17.2 Å². The van der Waals surface area contributed by atoms with E-state index in [1.807, 2.05) is 16.8 Å². The topological polar surface area (TPSA) is 95.7 Å². The minimum absolute atomic E-state index is 0.267. The number of ether oxygens (including phenoxy) is 3. The van der Waals surface area contributed by atoms with Crippen LogP contribution >= 0.6 is 11.3 Å². The highest BCUT2D eigenvalue weighted by atomic mass is 32.1. The Hall–Kier alpha value is -3.07. The van der Waals surface area contributed by atoms with Crippen LogP contribution in [0.1, 0.15) is 48.4 Å². The molecule has 0 spiro atoms. The van der Waals surface area contributed by atoms with Gasteiger partial charge in [-0.3, -0.25) is 4.79 Å². The lowest BCUT2D eigenvalue weighted by atomic mass is 9.81. The largest absolute Gasteiger partial charge is 0.493 e. The average Bonchev–Trinajstić information content (AvgIpc) is 3.50. The molecule has 0 radical (unpaired) electrons. The number of hydrogen-bond acceptors (Lipinski definition) is 8. The lowest BCUT2D eigenvalue weighted by molar-refractivity contribution is 0.0824. The molecule has 1 amide bonds. The summed E-state index contributed by atoms with van der Waals surface area (Å²) in [6.07, 6.45) is 4.49. The molecule has 2 heterocycles. The zero-order chi connectivity index (χ0) is 21.8. The number of nitrogens with zero attached hydrogens (tertiary/aromatic N) is 2. The molecule has 3 aromatic rings. The smallest absolute Gasteiger partial charge is 0.252 e.